The number of hydrogen-bond donors (Lipinski definition) is 1. The number of rotatable bonds is 4. The van der Waals surface area contributed by atoms with Crippen molar-refractivity contribution >= 4 is 5.91 Å². The number of nitrogens with one attached hydrogen (secondary N) is 1. The smallest absolute Gasteiger partial charge is 0.224 e. The fourth-order valence-corrected chi connectivity index (χ4v) is 2.89. The van der Waals surface area contributed by atoms with Crippen molar-refractivity contribution in [2.24, 2.45) is 5.92 Å². The van der Waals surface area contributed by atoms with Gasteiger partial charge in [-0.05, 0) is 42.4 Å². The lowest BCUT2D eigenvalue weighted by atomic mass is 9.87. The maximum atomic E-state index is 12.0. The van der Waals surface area contributed by atoms with Gasteiger partial charge in [-0.2, -0.15) is 0 Å². The first-order valence-electron chi connectivity index (χ1n) is 7.54. The molecule has 3 heteroatoms. The number of amides is 1. The Balaban J connectivity index is 1.49. The number of fused-ring (bicyclic) bond motifs is 1. The Morgan fingerprint density at radius 3 is 2.90 bits per heavy atom. The first kappa shape index (κ1) is 13.8. The summed E-state index contributed by atoms with van der Waals surface area (Å²) < 4.78 is 0. The molecule has 1 aromatic carbocycles. The third-order valence-electron chi connectivity index (χ3n) is 4.08. The number of carbonyl (C=O) groups excluding carboxylic acids is 1. The highest BCUT2D eigenvalue weighted by Gasteiger charge is 2.19. The fourth-order valence-electron chi connectivity index (χ4n) is 2.89. The van der Waals surface area contributed by atoms with Crippen molar-refractivity contribution < 1.29 is 4.79 Å². The second-order valence-electron chi connectivity index (χ2n) is 5.68. The van der Waals surface area contributed by atoms with Crippen molar-refractivity contribution in [2.75, 3.05) is 6.54 Å². The quantitative estimate of drug-likeness (QED) is 0.935. The van der Waals surface area contributed by atoms with E-state index in [1.807, 2.05) is 42.6 Å². The normalized spacial score (nSPS) is 17.0. The monoisotopic (exact) mass is 280 g/mol. The van der Waals surface area contributed by atoms with Crippen molar-refractivity contribution in [3.8, 4) is 0 Å². The molecule has 1 atom stereocenters. The van der Waals surface area contributed by atoms with Gasteiger partial charge in [0.2, 0.25) is 5.91 Å². The predicted octanol–water partition coefficient (Wildman–Crippen LogP) is 2.55. The van der Waals surface area contributed by atoms with Crippen LogP contribution in [0.25, 0.3) is 0 Å². The van der Waals surface area contributed by atoms with E-state index in [0.717, 1.165) is 31.4 Å². The van der Waals surface area contributed by atoms with Crippen molar-refractivity contribution in [3.05, 3.63) is 65.5 Å². The Bertz CT molecular complexity index is 610. The summed E-state index contributed by atoms with van der Waals surface area (Å²) in [5.74, 6) is 0.611. The molecule has 21 heavy (non-hydrogen) atoms. The number of hydrogen-bond acceptors (Lipinski definition) is 2. The molecule has 3 nitrogen and oxygen atoms in total. The van der Waals surface area contributed by atoms with Crippen LogP contribution in [0.3, 0.4) is 0 Å². The molecular formula is C18H20N2O. The molecule has 0 fully saturated rings. The second kappa shape index (κ2) is 6.53. The number of pyridine rings is 1. The molecule has 0 aliphatic heterocycles. The van der Waals surface area contributed by atoms with E-state index in [-0.39, 0.29) is 5.91 Å². The molecule has 0 bridgehead atoms. The molecule has 0 saturated heterocycles. The highest BCUT2D eigenvalue weighted by Crippen LogP contribution is 2.23. The number of aryl methyl sites for hydroxylation is 1. The minimum atomic E-state index is 0.105. The summed E-state index contributed by atoms with van der Waals surface area (Å²) in [5.41, 5.74) is 3.63. The van der Waals surface area contributed by atoms with Crippen molar-refractivity contribution in [2.45, 2.75) is 25.7 Å². The van der Waals surface area contributed by atoms with Crippen LogP contribution in [0.2, 0.25) is 0 Å². The minimum Gasteiger partial charge on any atom is -0.356 e. The van der Waals surface area contributed by atoms with E-state index in [1.165, 1.54) is 11.3 Å². The zero-order valence-corrected chi connectivity index (χ0v) is 12.1. The SMILES string of the molecule is O=C(Cc1ccccc1)NCC1CCc2cccnc2C1. The third kappa shape index (κ3) is 3.69. The summed E-state index contributed by atoms with van der Waals surface area (Å²) in [6.07, 6.45) is 5.49. The molecule has 3 rings (SSSR count). The van der Waals surface area contributed by atoms with Crippen LogP contribution in [-0.2, 0) is 24.1 Å². The molecule has 0 radical (unpaired) electrons. The summed E-state index contributed by atoms with van der Waals surface area (Å²) in [7, 11) is 0. The molecule has 1 N–H and O–H groups in total. The Morgan fingerprint density at radius 2 is 2.05 bits per heavy atom. The van der Waals surface area contributed by atoms with E-state index in [0.29, 0.717) is 12.3 Å². The lowest BCUT2D eigenvalue weighted by Crippen LogP contribution is -2.33. The zero-order chi connectivity index (χ0) is 14.5. The summed E-state index contributed by atoms with van der Waals surface area (Å²) in [6.45, 7) is 0.752. The van der Waals surface area contributed by atoms with E-state index in [9.17, 15) is 4.79 Å². The lowest BCUT2D eigenvalue weighted by Gasteiger charge is -2.23. The molecule has 1 amide bonds. The highest BCUT2D eigenvalue weighted by molar-refractivity contribution is 5.78. The van der Waals surface area contributed by atoms with Crippen LogP contribution in [0.1, 0.15) is 23.2 Å². The van der Waals surface area contributed by atoms with Crippen molar-refractivity contribution in [1.29, 1.82) is 0 Å². The molecule has 1 aliphatic carbocycles. The standard InChI is InChI=1S/C18H20N2O/c21-18(12-14-5-2-1-3-6-14)20-13-15-8-9-16-7-4-10-19-17(16)11-15/h1-7,10,15H,8-9,11-13H2,(H,20,21). The van der Waals surface area contributed by atoms with Gasteiger partial charge < -0.3 is 5.32 Å². The van der Waals surface area contributed by atoms with Gasteiger partial charge in [0, 0.05) is 18.4 Å². The van der Waals surface area contributed by atoms with Gasteiger partial charge >= 0.3 is 0 Å². The maximum Gasteiger partial charge on any atom is 0.224 e. The number of aromatic nitrogens is 1. The first-order valence-corrected chi connectivity index (χ1v) is 7.54. The van der Waals surface area contributed by atoms with Gasteiger partial charge in [0.25, 0.3) is 0 Å². The highest BCUT2D eigenvalue weighted by atomic mass is 16.1. The van der Waals surface area contributed by atoms with Crippen LogP contribution < -0.4 is 5.32 Å². The lowest BCUT2D eigenvalue weighted by molar-refractivity contribution is -0.120. The van der Waals surface area contributed by atoms with Crippen LogP contribution in [0.15, 0.2) is 48.7 Å². The van der Waals surface area contributed by atoms with Crippen LogP contribution in [-0.4, -0.2) is 17.4 Å². The summed E-state index contributed by atoms with van der Waals surface area (Å²) >= 11 is 0. The van der Waals surface area contributed by atoms with Gasteiger partial charge in [-0.25, -0.2) is 0 Å². The summed E-state index contributed by atoms with van der Waals surface area (Å²) in [6, 6.07) is 14.0. The number of carbonyl (C=O) groups is 1. The van der Waals surface area contributed by atoms with Gasteiger partial charge in [-0.1, -0.05) is 36.4 Å². The van der Waals surface area contributed by atoms with Crippen molar-refractivity contribution in [1.82, 2.24) is 10.3 Å². The average Bonchev–Trinajstić information content (AvgIpc) is 2.54. The zero-order valence-electron chi connectivity index (χ0n) is 12.1. The van der Waals surface area contributed by atoms with Gasteiger partial charge in [0.05, 0.1) is 6.42 Å². The third-order valence-corrected chi connectivity index (χ3v) is 4.08. The van der Waals surface area contributed by atoms with Crippen LogP contribution >= 0.6 is 0 Å². The molecule has 2 aromatic rings. The fraction of sp³-hybridized carbons (Fsp3) is 0.333. The second-order valence-corrected chi connectivity index (χ2v) is 5.68. The Kier molecular flexibility index (Phi) is 4.29. The van der Waals surface area contributed by atoms with Gasteiger partial charge in [0.1, 0.15) is 0 Å². The predicted molar refractivity (Wildman–Crippen MR) is 82.9 cm³/mol. The molecule has 1 aromatic heterocycles. The average molecular weight is 280 g/mol. The topological polar surface area (TPSA) is 42.0 Å². The Morgan fingerprint density at radius 1 is 1.19 bits per heavy atom. The Hall–Kier alpha value is -2.16. The van der Waals surface area contributed by atoms with Gasteiger partial charge in [-0.15, -0.1) is 0 Å². The number of nitrogens with zero attached hydrogens (tertiary/aromatic N) is 1. The van der Waals surface area contributed by atoms with E-state index >= 15 is 0 Å². The van der Waals surface area contributed by atoms with Crippen LogP contribution in [0.4, 0.5) is 0 Å². The van der Waals surface area contributed by atoms with Gasteiger partial charge in [-0.3, -0.25) is 9.78 Å². The molecule has 1 heterocycles. The minimum absolute atomic E-state index is 0.105. The van der Waals surface area contributed by atoms with Crippen LogP contribution in [0.5, 0.6) is 0 Å². The number of benzene rings is 1. The summed E-state index contributed by atoms with van der Waals surface area (Å²) in [5, 5.41) is 3.06. The van der Waals surface area contributed by atoms with E-state index in [1.54, 1.807) is 0 Å². The van der Waals surface area contributed by atoms with Gasteiger partial charge in [0.15, 0.2) is 0 Å². The molecule has 0 saturated carbocycles. The first-order chi connectivity index (χ1) is 10.3. The van der Waals surface area contributed by atoms with E-state index < -0.39 is 0 Å². The summed E-state index contributed by atoms with van der Waals surface area (Å²) in [4.78, 5) is 16.4. The molecular weight excluding hydrogens is 260 g/mol. The van der Waals surface area contributed by atoms with E-state index in [4.69, 9.17) is 0 Å². The maximum absolute atomic E-state index is 12.0. The molecule has 1 unspecified atom stereocenters. The van der Waals surface area contributed by atoms with E-state index in [2.05, 4.69) is 16.4 Å². The molecule has 1 aliphatic rings. The Labute approximate surface area is 125 Å². The molecule has 108 valence electrons. The van der Waals surface area contributed by atoms with Crippen molar-refractivity contribution in [3.63, 3.8) is 0 Å². The largest absolute Gasteiger partial charge is 0.356 e. The van der Waals surface area contributed by atoms with Crippen LogP contribution in [0, 0.1) is 5.92 Å². The molecule has 0 spiro atoms.